The Balaban J connectivity index is 2.23. The highest BCUT2D eigenvalue weighted by molar-refractivity contribution is 6.33. The van der Waals surface area contributed by atoms with Gasteiger partial charge >= 0.3 is 5.97 Å². The van der Waals surface area contributed by atoms with Crippen molar-refractivity contribution in [2.45, 2.75) is 6.04 Å². The molecule has 0 aliphatic rings. The molecule has 2 aromatic rings. The van der Waals surface area contributed by atoms with Crippen LogP contribution >= 0.6 is 11.6 Å². The van der Waals surface area contributed by atoms with Crippen molar-refractivity contribution in [3.8, 4) is 0 Å². The molecule has 0 fully saturated rings. The maximum Gasteiger partial charge on any atom is 0.331 e. The van der Waals surface area contributed by atoms with Crippen LogP contribution in [-0.4, -0.2) is 31.7 Å². The van der Waals surface area contributed by atoms with E-state index in [1.54, 1.807) is 7.05 Å². The molecule has 1 atom stereocenters. The smallest absolute Gasteiger partial charge is 0.331 e. The van der Waals surface area contributed by atoms with Crippen LogP contribution < -0.4 is 5.32 Å². The molecule has 0 spiro atoms. The molecular formula is C12H11ClN4O3. The van der Waals surface area contributed by atoms with E-state index in [2.05, 4.69) is 15.4 Å². The highest BCUT2D eigenvalue weighted by Crippen LogP contribution is 2.17. The number of hydrogen-bond donors (Lipinski definition) is 2. The molecule has 0 bridgehead atoms. The average molecular weight is 295 g/mol. The van der Waals surface area contributed by atoms with Crippen LogP contribution in [0.15, 0.2) is 30.9 Å². The maximum absolute atomic E-state index is 12.0. The molecule has 1 amide bonds. The minimum atomic E-state index is -1.20. The summed E-state index contributed by atoms with van der Waals surface area (Å²) in [6.45, 7) is 0. The zero-order valence-electron chi connectivity index (χ0n) is 10.4. The van der Waals surface area contributed by atoms with E-state index in [9.17, 15) is 14.7 Å². The second-order valence-electron chi connectivity index (χ2n) is 4.05. The van der Waals surface area contributed by atoms with Gasteiger partial charge in [-0.15, -0.1) is 0 Å². The Kier molecular flexibility index (Phi) is 3.99. The molecule has 2 aromatic heterocycles. The molecule has 2 N–H and O–H groups in total. The number of rotatable bonds is 4. The van der Waals surface area contributed by atoms with Crippen molar-refractivity contribution in [3.05, 3.63) is 47.0 Å². The van der Waals surface area contributed by atoms with Gasteiger partial charge in [0.05, 0.1) is 16.8 Å². The molecule has 0 aliphatic carbocycles. The van der Waals surface area contributed by atoms with Crippen LogP contribution in [0.25, 0.3) is 0 Å². The number of hydrogen-bond acceptors (Lipinski definition) is 4. The minimum Gasteiger partial charge on any atom is -0.479 e. The monoisotopic (exact) mass is 294 g/mol. The summed E-state index contributed by atoms with van der Waals surface area (Å²) in [5.41, 5.74) is 0.484. The molecule has 0 radical (unpaired) electrons. The lowest BCUT2D eigenvalue weighted by Gasteiger charge is -2.13. The lowest BCUT2D eigenvalue weighted by Crippen LogP contribution is -2.33. The predicted molar refractivity (Wildman–Crippen MR) is 70.3 cm³/mol. The summed E-state index contributed by atoms with van der Waals surface area (Å²) in [7, 11) is 1.65. The average Bonchev–Trinajstić information content (AvgIpc) is 2.82. The first kappa shape index (κ1) is 14.0. The van der Waals surface area contributed by atoms with Gasteiger partial charge in [0, 0.05) is 31.2 Å². The van der Waals surface area contributed by atoms with Crippen molar-refractivity contribution < 1.29 is 14.7 Å². The number of carboxylic acid groups (broad SMARTS) is 1. The number of nitrogens with zero attached hydrogens (tertiary/aromatic N) is 3. The molecule has 7 nitrogen and oxygen atoms in total. The molecule has 0 aliphatic heterocycles. The van der Waals surface area contributed by atoms with E-state index in [0.29, 0.717) is 5.56 Å². The third-order valence-electron chi connectivity index (χ3n) is 2.59. The summed E-state index contributed by atoms with van der Waals surface area (Å²) < 4.78 is 1.45. The van der Waals surface area contributed by atoms with E-state index in [4.69, 9.17) is 11.6 Å². The van der Waals surface area contributed by atoms with Crippen molar-refractivity contribution in [3.63, 3.8) is 0 Å². The van der Waals surface area contributed by atoms with Gasteiger partial charge in [0.1, 0.15) is 0 Å². The van der Waals surface area contributed by atoms with Crippen LogP contribution in [0.4, 0.5) is 0 Å². The molecule has 8 heteroatoms. The Morgan fingerprint density at radius 2 is 2.20 bits per heavy atom. The Hall–Kier alpha value is -2.41. The second-order valence-corrected chi connectivity index (χ2v) is 4.45. The predicted octanol–water partition coefficient (Wildman–Crippen LogP) is 1.02. The molecule has 0 saturated heterocycles. The Morgan fingerprint density at radius 3 is 2.75 bits per heavy atom. The van der Waals surface area contributed by atoms with Crippen LogP contribution in [0.1, 0.15) is 22.0 Å². The van der Waals surface area contributed by atoms with E-state index in [1.165, 1.54) is 35.5 Å². The Bertz CT molecular complexity index is 656. The van der Waals surface area contributed by atoms with Gasteiger partial charge in [0.15, 0.2) is 6.04 Å². The zero-order chi connectivity index (χ0) is 14.7. The van der Waals surface area contributed by atoms with Gasteiger partial charge in [-0.1, -0.05) is 11.6 Å². The van der Waals surface area contributed by atoms with E-state index in [0.717, 1.165) is 0 Å². The van der Waals surface area contributed by atoms with Crippen LogP contribution in [0, 0.1) is 0 Å². The summed E-state index contributed by atoms with van der Waals surface area (Å²) in [6.07, 6.45) is 5.61. The normalized spacial score (nSPS) is 11.9. The molecular weight excluding hydrogens is 284 g/mol. The number of halogens is 1. The third kappa shape index (κ3) is 2.94. The fourth-order valence-corrected chi connectivity index (χ4v) is 1.82. The van der Waals surface area contributed by atoms with Gasteiger partial charge in [0.25, 0.3) is 5.91 Å². The SMILES string of the molecule is Cn1cc(C(NC(=O)c2cnccc2Cl)C(=O)O)cn1. The molecule has 1 unspecified atom stereocenters. The molecule has 20 heavy (non-hydrogen) atoms. The summed E-state index contributed by atoms with van der Waals surface area (Å²) in [4.78, 5) is 27.1. The van der Waals surface area contributed by atoms with Gasteiger partial charge in [0.2, 0.25) is 0 Å². The largest absolute Gasteiger partial charge is 0.479 e. The zero-order valence-corrected chi connectivity index (χ0v) is 11.2. The number of carboxylic acids is 1. The number of aromatic nitrogens is 3. The van der Waals surface area contributed by atoms with Crippen molar-refractivity contribution in [2.75, 3.05) is 0 Å². The first-order chi connectivity index (χ1) is 9.49. The summed E-state index contributed by atoms with van der Waals surface area (Å²) >= 11 is 5.87. The molecule has 0 saturated carbocycles. The Morgan fingerprint density at radius 1 is 1.45 bits per heavy atom. The highest BCUT2D eigenvalue weighted by Gasteiger charge is 2.24. The molecule has 0 aromatic carbocycles. The van der Waals surface area contributed by atoms with Crippen LogP contribution in [0.5, 0.6) is 0 Å². The van der Waals surface area contributed by atoms with Gasteiger partial charge in [-0.3, -0.25) is 14.5 Å². The van der Waals surface area contributed by atoms with Gasteiger partial charge < -0.3 is 10.4 Å². The summed E-state index contributed by atoms with van der Waals surface area (Å²) in [5.74, 6) is -1.80. The first-order valence-electron chi connectivity index (χ1n) is 5.60. The van der Waals surface area contributed by atoms with Gasteiger partial charge in [-0.2, -0.15) is 5.10 Å². The number of pyridine rings is 1. The van der Waals surface area contributed by atoms with E-state index >= 15 is 0 Å². The lowest BCUT2D eigenvalue weighted by atomic mass is 10.1. The first-order valence-corrected chi connectivity index (χ1v) is 5.98. The van der Waals surface area contributed by atoms with Gasteiger partial charge in [-0.25, -0.2) is 4.79 Å². The lowest BCUT2D eigenvalue weighted by molar-refractivity contribution is -0.139. The van der Waals surface area contributed by atoms with E-state index in [1.807, 2.05) is 0 Å². The molecule has 2 rings (SSSR count). The van der Waals surface area contributed by atoms with E-state index < -0.39 is 17.9 Å². The fraction of sp³-hybridized carbons (Fsp3) is 0.167. The van der Waals surface area contributed by atoms with Crippen molar-refractivity contribution in [2.24, 2.45) is 7.05 Å². The topological polar surface area (TPSA) is 97.1 Å². The third-order valence-corrected chi connectivity index (χ3v) is 2.92. The molecule has 104 valence electrons. The number of carbonyl (C=O) groups is 2. The van der Waals surface area contributed by atoms with Gasteiger partial charge in [-0.05, 0) is 6.07 Å². The number of amides is 1. The minimum absolute atomic E-state index is 0.115. The number of nitrogens with one attached hydrogen (secondary N) is 1. The van der Waals surface area contributed by atoms with Crippen molar-refractivity contribution in [1.82, 2.24) is 20.1 Å². The fourth-order valence-electron chi connectivity index (χ4n) is 1.63. The van der Waals surface area contributed by atoms with Crippen molar-refractivity contribution in [1.29, 1.82) is 0 Å². The Labute approximate surface area is 119 Å². The summed E-state index contributed by atoms with van der Waals surface area (Å²) in [6, 6.07) is 0.253. The number of aryl methyl sites for hydroxylation is 1. The number of aliphatic carboxylic acids is 1. The van der Waals surface area contributed by atoms with Crippen LogP contribution in [-0.2, 0) is 11.8 Å². The van der Waals surface area contributed by atoms with E-state index in [-0.39, 0.29) is 10.6 Å². The summed E-state index contributed by atoms with van der Waals surface area (Å²) in [5, 5.41) is 15.7. The highest BCUT2D eigenvalue weighted by atomic mass is 35.5. The quantitative estimate of drug-likeness (QED) is 0.877. The van der Waals surface area contributed by atoms with Crippen LogP contribution in [0.3, 0.4) is 0 Å². The standard InChI is InChI=1S/C12H11ClN4O3/c1-17-6-7(4-15-17)10(12(19)20)16-11(18)8-5-14-3-2-9(8)13/h2-6,10H,1H3,(H,16,18)(H,19,20). The molecule has 2 heterocycles. The van der Waals surface area contributed by atoms with Crippen LogP contribution in [0.2, 0.25) is 5.02 Å². The second kappa shape index (κ2) is 5.70. The number of carbonyl (C=O) groups excluding carboxylic acids is 1. The van der Waals surface area contributed by atoms with Crippen molar-refractivity contribution >= 4 is 23.5 Å². The maximum atomic E-state index is 12.0.